The van der Waals surface area contributed by atoms with Gasteiger partial charge in [-0.25, -0.2) is 13.1 Å². The van der Waals surface area contributed by atoms with Gasteiger partial charge in [-0.2, -0.15) is 0 Å². The van der Waals surface area contributed by atoms with E-state index in [1.165, 1.54) is 24.3 Å². The molecule has 0 aliphatic carbocycles. The van der Waals surface area contributed by atoms with Crippen LogP contribution < -0.4 is 15.4 Å². The van der Waals surface area contributed by atoms with Crippen LogP contribution >= 0.6 is 0 Å². The van der Waals surface area contributed by atoms with Crippen LogP contribution in [0.1, 0.15) is 45.0 Å². The average molecular weight is 418 g/mol. The van der Waals surface area contributed by atoms with E-state index < -0.39 is 15.6 Å². The van der Waals surface area contributed by atoms with Gasteiger partial charge in [-0.15, -0.1) is 0 Å². The molecule has 0 aromatic heterocycles. The SMILES string of the molecule is CC(C)C(=O)Nc1cccc(C(=O)Nc2ccc(S(=O)(=O)NC(C)(C)C)cc2)c1. The zero-order valence-corrected chi connectivity index (χ0v) is 18.1. The van der Waals surface area contributed by atoms with Crippen LogP contribution in [0, 0.1) is 5.92 Å². The van der Waals surface area contributed by atoms with Crippen LogP contribution in [0.4, 0.5) is 11.4 Å². The molecule has 2 rings (SSSR count). The molecule has 156 valence electrons. The molecule has 2 aromatic carbocycles. The number of amides is 2. The molecule has 3 N–H and O–H groups in total. The van der Waals surface area contributed by atoms with Crippen LogP contribution in [-0.4, -0.2) is 25.8 Å². The maximum absolute atomic E-state index is 12.5. The molecule has 0 bridgehead atoms. The van der Waals surface area contributed by atoms with Gasteiger partial charge in [0.2, 0.25) is 15.9 Å². The Kier molecular flexibility index (Phi) is 6.81. The summed E-state index contributed by atoms with van der Waals surface area (Å²) in [5, 5.41) is 5.47. The first kappa shape index (κ1) is 22.6. The predicted molar refractivity (Wildman–Crippen MR) is 114 cm³/mol. The van der Waals surface area contributed by atoms with Crippen LogP contribution in [0.15, 0.2) is 53.4 Å². The summed E-state index contributed by atoms with van der Waals surface area (Å²) in [6.45, 7) is 8.85. The van der Waals surface area contributed by atoms with Crippen molar-refractivity contribution in [3.8, 4) is 0 Å². The highest BCUT2D eigenvalue weighted by Crippen LogP contribution is 2.18. The second kappa shape index (κ2) is 8.75. The summed E-state index contributed by atoms with van der Waals surface area (Å²) in [5.74, 6) is -0.674. The van der Waals surface area contributed by atoms with Crippen LogP contribution in [0.3, 0.4) is 0 Å². The number of hydrogen-bond donors (Lipinski definition) is 3. The van der Waals surface area contributed by atoms with Crippen molar-refractivity contribution in [1.29, 1.82) is 0 Å². The molecule has 0 saturated heterocycles. The lowest BCUT2D eigenvalue weighted by atomic mass is 10.1. The van der Waals surface area contributed by atoms with E-state index >= 15 is 0 Å². The molecule has 0 fully saturated rings. The minimum atomic E-state index is -3.64. The summed E-state index contributed by atoms with van der Waals surface area (Å²) in [7, 11) is -3.64. The monoisotopic (exact) mass is 417 g/mol. The molecule has 0 spiro atoms. The van der Waals surface area contributed by atoms with Crippen molar-refractivity contribution in [2.24, 2.45) is 5.92 Å². The third-order valence-electron chi connectivity index (χ3n) is 3.78. The number of nitrogens with one attached hydrogen (secondary N) is 3. The van der Waals surface area contributed by atoms with Crippen LogP contribution in [-0.2, 0) is 14.8 Å². The quantitative estimate of drug-likeness (QED) is 0.668. The van der Waals surface area contributed by atoms with E-state index in [9.17, 15) is 18.0 Å². The Morgan fingerprint density at radius 2 is 1.52 bits per heavy atom. The van der Waals surface area contributed by atoms with Gasteiger partial charge in [0.05, 0.1) is 4.90 Å². The van der Waals surface area contributed by atoms with E-state index in [4.69, 9.17) is 0 Å². The Balaban J connectivity index is 2.11. The van der Waals surface area contributed by atoms with Gasteiger partial charge < -0.3 is 10.6 Å². The van der Waals surface area contributed by atoms with E-state index in [1.807, 2.05) is 0 Å². The minimum Gasteiger partial charge on any atom is -0.326 e. The molecule has 29 heavy (non-hydrogen) atoms. The zero-order chi connectivity index (χ0) is 21.8. The summed E-state index contributed by atoms with van der Waals surface area (Å²) in [6, 6.07) is 12.5. The second-order valence-electron chi connectivity index (χ2n) is 8.06. The third kappa shape index (κ3) is 6.69. The number of carbonyl (C=O) groups is 2. The first-order chi connectivity index (χ1) is 13.4. The van der Waals surface area contributed by atoms with Crippen molar-refractivity contribution in [2.45, 2.75) is 45.1 Å². The van der Waals surface area contributed by atoms with Crippen molar-refractivity contribution in [2.75, 3.05) is 10.6 Å². The van der Waals surface area contributed by atoms with Crippen LogP contribution in [0.25, 0.3) is 0 Å². The Labute approximate surface area is 172 Å². The lowest BCUT2D eigenvalue weighted by Crippen LogP contribution is -2.40. The fourth-order valence-corrected chi connectivity index (χ4v) is 3.83. The molecule has 0 unspecified atom stereocenters. The number of hydrogen-bond acceptors (Lipinski definition) is 4. The van der Waals surface area contributed by atoms with E-state index in [2.05, 4.69) is 15.4 Å². The highest BCUT2D eigenvalue weighted by Gasteiger charge is 2.21. The van der Waals surface area contributed by atoms with Crippen molar-refractivity contribution < 1.29 is 18.0 Å². The minimum absolute atomic E-state index is 0.115. The molecule has 0 saturated carbocycles. The molecular weight excluding hydrogens is 390 g/mol. The lowest BCUT2D eigenvalue weighted by Gasteiger charge is -2.20. The normalized spacial score (nSPS) is 11.9. The maximum atomic E-state index is 12.5. The van der Waals surface area contributed by atoms with Gasteiger partial charge in [-0.05, 0) is 63.2 Å². The van der Waals surface area contributed by atoms with Crippen LogP contribution in [0.5, 0.6) is 0 Å². The summed E-state index contributed by atoms with van der Waals surface area (Å²) < 4.78 is 27.3. The molecule has 7 nitrogen and oxygen atoms in total. The van der Waals surface area contributed by atoms with Crippen molar-refractivity contribution >= 4 is 33.2 Å². The average Bonchev–Trinajstić information content (AvgIpc) is 2.60. The number of benzene rings is 2. The van der Waals surface area contributed by atoms with Crippen molar-refractivity contribution in [3.05, 3.63) is 54.1 Å². The summed E-state index contributed by atoms with van der Waals surface area (Å²) in [4.78, 5) is 24.4. The molecule has 0 radical (unpaired) electrons. The third-order valence-corrected chi connectivity index (χ3v) is 5.55. The van der Waals surface area contributed by atoms with Gasteiger partial charge in [-0.3, -0.25) is 9.59 Å². The lowest BCUT2D eigenvalue weighted by molar-refractivity contribution is -0.118. The van der Waals surface area contributed by atoms with Crippen LogP contribution in [0.2, 0.25) is 0 Å². The standard InChI is InChI=1S/C21H27N3O4S/c1-14(2)19(25)23-17-8-6-7-15(13-17)20(26)22-16-9-11-18(12-10-16)29(27,28)24-21(3,4)5/h6-14,24H,1-5H3,(H,22,26)(H,23,25). The molecular formula is C21H27N3O4S. The molecule has 0 aliphatic heterocycles. The number of sulfonamides is 1. The molecule has 0 aliphatic rings. The highest BCUT2D eigenvalue weighted by atomic mass is 32.2. The number of rotatable bonds is 6. The summed E-state index contributed by atoms with van der Waals surface area (Å²) in [6.07, 6.45) is 0. The van der Waals surface area contributed by atoms with E-state index in [0.29, 0.717) is 16.9 Å². The van der Waals surface area contributed by atoms with E-state index in [1.54, 1.807) is 58.9 Å². The Morgan fingerprint density at radius 3 is 2.07 bits per heavy atom. The molecule has 0 heterocycles. The van der Waals surface area contributed by atoms with Gasteiger partial charge in [0.1, 0.15) is 0 Å². The Morgan fingerprint density at radius 1 is 0.897 bits per heavy atom. The van der Waals surface area contributed by atoms with Gasteiger partial charge in [0, 0.05) is 28.4 Å². The second-order valence-corrected chi connectivity index (χ2v) is 9.74. The Bertz CT molecular complexity index is 991. The first-order valence-electron chi connectivity index (χ1n) is 9.24. The largest absolute Gasteiger partial charge is 0.326 e. The molecule has 2 amide bonds. The fourth-order valence-electron chi connectivity index (χ4n) is 2.41. The molecule has 0 atom stereocenters. The van der Waals surface area contributed by atoms with E-state index in [0.717, 1.165) is 0 Å². The number of anilines is 2. The molecule has 8 heteroatoms. The van der Waals surface area contributed by atoms with E-state index in [-0.39, 0.29) is 22.6 Å². The van der Waals surface area contributed by atoms with Gasteiger partial charge in [0.25, 0.3) is 5.91 Å². The van der Waals surface area contributed by atoms with Gasteiger partial charge in [-0.1, -0.05) is 19.9 Å². The van der Waals surface area contributed by atoms with Gasteiger partial charge >= 0.3 is 0 Å². The van der Waals surface area contributed by atoms with Crippen molar-refractivity contribution in [3.63, 3.8) is 0 Å². The smallest absolute Gasteiger partial charge is 0.255 e. The highest BCUT2D eigenvalue weighted by molar-refractivity contribution is 7.89. The summed E-state index contributed by atoms with van der Waals surface area (Å²) >= 11 is 0. The first-order valence-corrected chi connectivity index (χ1v) is 10.7. The maximum Gasteiger partial charge on any atom is 0.255 e. The molecule has 2 aromatic rings. The predicted octanol–water partition coefficient (Wildman–Crippen LogP) is 3.61. The van der Waals surface area contributed by atoms with Crippen molar-refractivity contribution in [1.82, 2.24) is 4.72 Å². The zero-order valence-electron chi connectivity index (χ0n) is 17.2. The summed E-state index contributed by atoms with van der Waals surface area (Å²) in [5.41, 5.74) is 0.770. The Hall–Kier alpha value is -2.71. The fraction of sp³-hybridized carbons (Fsp3) is 0.333. The van der Waals surface area contributed by atoms with Gasteiger partial charge in [0.15, 0.2) is 0 Å². The topological polar surface area (TPSA) is 104 Å². The number of carbonyl (C=O) groups excluding carboxylic acids is 2.